The van der Waals surface area contributed by atoms with Gasteiger partial charge in [-0.15, -0.1) is 0 Å². The van der Waals surface area contributed by atoms with Gasteiger partial charge >= 0.3 is 0 Å². The summed E-state index contributed by atoms with van der Waals surface area (Å²) in [6.45, 7) is 9.05. The summed E-state index contributed by atoms with van der Waals surface area (Å²) in [5.41, 5.74) is 1.13. The molecule has 168 valence electrons. The molecule has 3 aromatic rings. The largest absolute Gasteiger partial charge is 0.354 e. The van der Waals surface area contributed by atoms with Crippen LogP contribution in [0.15, 0.2) is 53.3 Å². The maximum absolute atomic E-state index is 13.3. The maximum atomic E-state index is 13.3. The Morgan fingerprint density at radius 3 is 2.19 bits per heavy atom. The summed E-state index contributed by atoms with van der Waals surface area (Å²) in [6.07, 6.45) is 0. The second-order valence-electron chi connectivity index (χ2n) is 8.39. The first-order valence-corrected chi connectivity index (χ1v) is 11.8. The fourth-order valence-electron chi connectivity index (χ4n) is 4.00. The van der Waals surface area contributed by atoms with Gasteiger partial charge in [0, 0.05) is 54.4 Å². The van der Waals surface area contributed by atoms with Gasteiger partial charge in [-0.1, -0.05) is 48.7 Å². The molecular formula is C24H25Cl3N4O. The Labute approximate surface area is 203 Å². The molecule has 1 saturated heterocycles. The highest BCUT2D eigenvalue weighted by molar-refractivity contribution is 6.36. The van der Waals surface area contributed by atoms with E-state index in [1.165, 1.54) is 0 Å². The van der Waals surface area contributed by atoms with Gasteiger partial charge in [0.25, 0.3) is 5.56 Å². The predicted octanol–water partition coefficient (Wildman–Crippen LogP) is 5.64. The Balaban J connectivity index is 1.77. The summed E-state index contributed by atoms with van der Waals surface area (Å²) in [5.74, 6) is 1.76. The van der Waals surface area contributed by atoms with Crippen LogP contribution in [0.1, 0.15) is 13.8 Å². The van der Waals surface area contributed by atoms with Crippen molar-refractivity contribution in [3.8, 4) is 17.1 Å². The number of rotatable bonds is 5. The minimum absolute atomic E-state index is 0.178. The predicted molar refractivity (Wildman–Crippen MR) is 134 cm³/mol. The molecule has 1 aromatic heterocycles. The van der Waals surface area contributed by atoms with E-state index in [2.05, 4.69) is 23.6 Å². The van der Waals surface area contributed by atoms with Gasteiger partial charge < -0.3 is 4.90 Å². The van der Waals surface area contributed by atoms with Crippen LogP contribution in [0.3, 0.4) is 0 Å². The van der Waals surface area contributed by atoms with Crippen molar-refractivity contribution < 1.29 is 0 Å². The van der Waals surface area contributed by atoms with Crippen molar-refractivity contribution in [2.24, 2.45) is 5.92 Å². The van der Waals surface area contributed by atoms with E-state index < -0.39 is 0 Å². The van der Waals surface area contributed by atoms with Gasteiger partial charge in [0.1, 0.15) is 5.82 Å². The van der Waals surface area contributed by atoms with Gasteiger partial charge in [-0.3, -0.25) is 14.3 Å². The standard InChI is InChI=1S/C24H25Cl3N4O/c1-16(2)15-29-9-11-30(12-10-29)22-14-23(32)31(19-6-3-17(25)4-7-19)24(28-22)20-8-5-18(26)13-21(20)27/h3-8,13-14,16H,9-12,15H2,1-2H3. The molecule has 1 aliphatic heterocycles. The minimum Gasteiger partial charge on any atom is -0.354 e. The second-order valence-corrected chi connectivity index (χ2v) is 9.67. The molecule has 1 aliphatic rings. The van der Waals surface area contributed by atoms with E-state index in [0.29, 0.717) is 43.9 Å². The summed E-state index contributed by atoms with van der Waals surface area (Å²) in [7, 11) is 0. The quantitative estimate of drug-likeness (QED) is 0.463. The molecule has 0 N–H and O–H groups in total. The maximum Gasteiger partial charge on any atom is 0.260 e. The van der Waals surface area contributed by atoms with Crippen LogP contribution in [0.4, 0.5) is 5.82 Å². The molecule has 0 aliphatic carbocycles. The average molecular weight is 492 g/mol. The fourth-order valence-corrected chi connectivity index (χ4v) is 4.62. The average Bonchev–Trinajstić information content (AvgIpc) is 2.74. The normalized spacial score (nSPS) is 14.9. The lowest BCUT2D eigenvalue weighted by molar-refractivity contribution is 0.231. The smallest absolute Gasteiger partial charge is 0.260 e. The number of benzene rings is 2. The van der Waals surface area contributed by atoms with Crippen molar-refractivity contribution in [1.82, 2.24) is 14.5 Å². The Hall–Kier alpha value is -2.05. The number of hydrogen-bond donors (Lipinski definition) is 0. The number of hydrogen-bond acceptors (Lipinski definition) is 4. The Bertz CT molecular complexity index is 1150. The highest BCUT2D eigenvalue weighted by Crippen LogP contribution is 2.31. The molecule has 32 heavy (non-hydrogen) atoms. The molecule has 8 heteroatoms. The van der Waals surface area contributed by atoms with E-state index >= 15 is 0 Å². The van der Waals surface area contributed by atoms with Crippen LogP contribution in [0.25, 0.3) is 17.1 Å². The molecule has 0 unspecified atom stereocenters. The number of halogens is 3. The molecule has 0 bridgehead atoms. The number of aromatic nitrogens is 2. The first kappa shape index (κ1) is 23.1. The van der Waals surface area contributed by atoms with Crippen LogP contribution in [-0.4, -0.2) is 47.2 Å². The molecule has 0 atom stereocenters. The van der Waals surface area contributed by atoms with Crippen LogP contribution in [0.5, 0.6) is 0 Å². The van der Waals surface area contributed by atoms with Crippen molar-refractivity contribution in [1.29, 1.82) is 0 Å². The van der Waals surface area contributed by atoms with Crippen LogP contribution < -0.4 is 10.5 Å². The zero-order chi connectivity index (χ0) is 22.8. The third-order valence-electron chi connectivity index (χ3n) is 5.48. The summed E-state index contributed by atoms with van der Waals surface area (Å²) >= 11 is 18.7. The van der Waals surface area contributed by atoms with Gasteiger partial charge in [-0.2, -0.15) is 0 Å². The fraction of sp³-hybridized carbons (Fsp3) is 0.333. The zero-order valence-electron chi connectivity index (χ0n) is 18.1. The summed E-state index contributed by atoms with van der Waals surface area (Å²) in [5, 5.41) is 1.55. The first-order valence-electron chi connectivity index (χ1n) is 10.6. The molecule has 0 amide bonds. The molecule has 0 spiro atoms. The molecule has 0 radical (unpaired) electrons. The van der Waals surface area contributed by atoms with Crippen LogP contribution in [0, 0.1) is 5.92 Å². The SMILES string of the molecule is CC(C)CN1CCN(c2cc(=O)n(-c3ccc(Cl)cc3)c(-c3ccc(Cl)cc3Cl)n2)CC1. The molecule has 4 rings (SSSR count). The van der Waals surface area contributed by atoms with Gasteiger partial charge in [0.15, 0.2) is 5.82 Å². The lowest BCUT2D eigenvalue weighted by Crippen LogP contribution is -2.48. The zero-order valence-corrected chi connectivity index (χ0v) is 20.3. The van der Waals surface area contributed by atoms with E-state index in [-0.39, 0.29) is 5.56 Å². The second kappa shape index (κ2) is 9.84. The van der Waals surface area contributed by atoms with Crippen molar-refractivity contribution in [3.63, 3.8) is 0 Å². The van der Waals surface area contributed by atoms with Crippen molar-refractivity contribution in [2.75, 3.05) is 37.6 Å². The third-order valence-corrected chi connectivity index (χ3v) is 6.28. The van der Waals surface area contributed by atoms with Crippen LogP contribution >= 0.6 is 34.8 Å². The van der Waals surface area contributed by atoms with Crippen molar-refractivity contribution in [2.45, 2.75) is 13.8 Å². The topological polar surface area (TPSA) is 41.4 Å². The van der Waals surface area contributed by atoms with Crippen LogP contribution in [0.2, 0.25) is 15.1 Å². The van der Waals surface area contributed by atoms with Gasteiger partial charge in [0.05, 0.1) is 10.7 Å². The van der Waals surface area contributed by atoms with Gasteiger partial charge in [0.2, 0.25) is 0 Å². The van der Waals surface area contributed by atoms with Gasteiger partial charge in [-0.25, -0.2) is 4.98 Å². The number of anilines is 1. The summed E-state index contributed by atoms with van der Waals surface area (Å²) in [6, 6.07) is 13.9. The molecule has 2 aromatic carbocycles. The highest BCUT2D eigenvalue weighted by Gasteiger charge is 2.22. The van der Waals surface area contributed by atoms with Crippen LogP contribution in [-0.2, 0) is 0 Å². The molecule has 5 nitrogen and oxygen atoms in total. The van der Waals surface area contributed by atoms with E-state index in [4.69, 9.17) is 39.8 Å². The Kier molecular flexibility index (Phi) is 7.11. The number of nitrogens with zero attached hydrogens (tertiary/aromatic N) is 4. The lowest BCUT2D eigenvalue weighted by atomic mass is 10.1. The summed E-state index contributed by atoms with van der Waals surface area (Å²) in [4.78, 5) is 22.9. The van der Waals surface area contributed by atoms with Crippen molar-refractivity contribution >= 4 is 40.6 Å². The third kappa shape index (κ3) is 5.12. The number of piperazine rings is 1. The molecule has 0 saturated carbocycles. The highest BCUT2D eigenvalue weighted by atomic mass is 35.5. The summed E-state index contributed by atoms with van der Waals surface area (Å²) < 4.78 is 1.56. The van der Waals surface area contributed by atoms with E-state index in [0.717, 1.165) is 32.7 Å². The monoisotopic (exact) mass is 490 g/mol. The van der Waals surface area contributed by atoms with Crippen molar-refractivity contribution in [3.05, 3.63) is 74.0 Å². The minimum atomic E-state index is -0.178. The molecule has 2 heterocycles. The Morgan fingerprint density at radius 2 is 1.56 bits per heavy atom. The van der Waals surface area contributed by atoms with Gasteiger partial charge in [-0.05, 0) is 48.4 Å². The van der Waals surface area contributed by atoms with E-state index in [9.17, 15) is 4.79 Å². The first-order chi connectivity index (χ1) is 15.3. The van der Waals surface area contributed by atoms with E-state index in [1.807, 2.05) is 0 Å². The molecular weight excluding hydrogens is 467 g/mol. The Morgan fingerprint density at radius 1 is 0.906 bits per heavy atom. The van der Waals surface area contributed by atoms with E-state index in [1.54, 1.807) is 53.1 Å². The lowest BCUT2D eigenvalue weighted by Gasteiger charge is -2.36. The molecule has 1 fully saturated rings.